The van der Waals surface area contributed by atoms with Crippen molar-refractivity contribution in [2.45, 2.75) is 116 Å². The van der Waals surface area contributed by atoms with Crippen LogP contribution in [0, 0.1) is 17.8 Å². The zero-order valence-corrected chi connectivity index (χ0v) is 35.5. The number of carboxylic acid groups (broad SMARTS) is 1. The van der Waals surface area contributed by atoms with E-state index in [1.54, 1.807) is 12.3 Å². The number of hydrogen-bond acceptors (Lipinski definition) is 9. The van der Waals surface area contributed by atoms with Gasteiger partial charge in [0.15, 0.2) is 0 Å². The lowest BCUT2D eigenvalue weighted by atomic mass is 9.91. The van der Waals surface area contributed by atoms with Crippen LogP contribution in [0.15, 0.2) is 66.0 Å². The van der Waals surface area contributed by atoms with E-state index in [0.717, 1.165) is 36.9 Å². The lowest BCUT2D eigenvalue weighted by Crippen LogP contribution is -2.58. The largest absolute Gasteiger partial charge is 0.481 e. The number of carbonyl (C=O) groups excluding carboxylic acids is 3. The molecule has 1 aliphatic rings. The van der Waals surface area contributed by atoms with Crippen molar-refractivity contribution < 1.29 is 33.8 Å². The molecule has 12 nitrogen and oxygen atoms in total. The number of carboxylic acids is 1. The fourth-order valence-corrected chi connectivity index (χ4v) is 8.30. The summed E-state index contributed by atoms with van der Waals surface area (Å²) in [5.41, 5.74) is 2.15. The van der Waals surface area contributed by atoms with Gasteiger partial charge in [-0.2, -0.15) is 0 Å². The fourth-order valence-electron chi connectivity index (χ4n) is 7.44. The van der Waals surface area contributed by atoms with Gasteiger partial charge in [0.25, 0.3) is 5.91 Å². The summed E-state index contributed by atoms with van der Waals surface area (Å²) in [6.45, 7) is 11.0. The molecule has 0 bridgehead atoms. The third-order valence-electron chi connectivity index (χ3n) is 11.1. The Morgan fingerprint density at radius 2 is 1.63 bits per heavy atom. The number of benzene rings is 2. The molecule has 0 saturated carbocycles. The maximum atomic E-state index is 15.0. The molecule has 3 amide bonds. The van der Waals surface area contributed by atoms with E-state index in [1.807, 2.05) is 86.5 Å². The summed E-state index contributed by atoms with van der Waals surface area (Å²) < 4.78 is 11.6. The Hall–Kier alpha value is -4.17. The van der Waals surface area contributed by atoms with Gasteiger partial charge < -0.3 is 30.1 Å². The molecule has 312 valence electrons. The average molecular weight is 806 g/mol. The van der Waals surface area contributed by atoms with Gasteiger partial charge >= 0.3 is 5.97 Å². The number of aliphatic carboxylic acids is 1. The van der Waals surface area contributed by atoms with E-state index >= 15 is 4.79 Å². The standard InChI is InChI=1S/C44H63N5O7S/c1-8-30(4)39(47-41(51)36-21-15-16-22-48(36)6)43(52)49(26-33-19-13-10-14-20-33)37(29(2)3)25-38(56-28-55-7)42-46-35(27-57-42)40(50)45-34(23-31(5)44(53)54)24-32-17-11-9-12-18-32/h9-14,17-20,27,29-31,34,36-39H,8,15-16,21-26,28H2,1-7H3,(H,45,50)(H,47,51)(H,53,54)/t30?,31-,34+,36?,37+,38+,39?/m0/s1. The molecule has 13 heteroatoms. The molecule has 2 heterocycles. The molecule has 1 aliphatic heterocycles. The third kappa shape index (κ3) is 13.4. The van der Waals surface area contributed by atoms with E-state index in [1.165, 1.54) is 18.4 Å². The summed E-state index contributed by atoms with van der Waals surface area (Å²) in [7, 11) is 3.51. The van der Waals surface area contributed by atoms with Crippen LogP contribution in [0.5, 0.6) is 0 Å². The third-order valence-corrected chi connectivity index (χ3v) is 12.0. The van der Waals surface area contributed by atoms with Gasteiger partial charge in [-0.15, -0.1) is 11.3 Å². The molecule has 2 aromatic carbocycles. The van der Waals surface area contributed by atoms with Crippen molar-refractivity contribution in [3.8, 4) is 0 Å². The van der Waals surface area contributed by atoms with Gasteiger partial charge in [0.2, 0.25) is 11.8 Å². The highest BCUT2D eigenvalue weighted by atomic mass is 32.1. The topological polar surface area (TPSA) is 150 Å². The number of amides is 3. The zero-order valence-electron chi connectivity index (χ0n) is 34.7. The van der Waals surface area contributed by atoms with Crippen LogP contribution in [0.3, 0.4) is 0 Å². The van der Waals surface area contributed by atoms with Gasteiger partial charge in [-0.1, -0.05) is 108 Å². The quantitative estimate of drug-likeness (QED) is 0.0942. The molecule has 4 rings (SSSR count). The number of nitrogens with zero attached hydrogens (tertiary/aromatic N) is 3. The number of methoxy groups -OCH3 is 1. The van der Waals surface area contributed by atoms with Crippen LogP contribution >= 0.6 is 11.3 Å². The summed E-state index contributed by atoms with van der Waals surface area (Å²) in [6.07, 6.45) is 3.93. The average Bonchev–Trinajstić information content (AvgIpc) is 3.70. The van der Waals surface area contributed by atoms with Crippen molar-refractivity contribution in [1.29, 1.82) is 0 Å². The molecule has 0 radical (unpaired) electrons. The van der Waals surface area contributed by atoms with Crippen LogP contribution in [0.1, 0.15) is 106 Å². The first-order valence-electron chi connectivity index (χ1n) is 20.3. The molecule has 3 unspecified atom stereocenters. The molecule has 57 heavy (non-hydrogen) atoms. The molecule has 1 fully saturated rings. The second-order valence-electron chi connectivity index (χ2n) is 15.8. The SMILES string of the molecule is CCC(C)C(NC(=O)C1CCCCN1C)C(=O)N(Cc1ccccc1)[C@H](C[C@@H](OCOC)c1nc(C(=O)N[C@@H](Cc2ccccc2)C[C@H](C)C(=O)O)cs1)C(C)C. The van der Waals surface area contributed by atoms with Gasteiger partial charge in [0.05, 0.1) is 12.0 Å². The number of piperidine rings is 1. The van der Waals surface area contributed by atoms with E-state index in [4.69, 9.17) is 14.5 Å². The van der Waals surface area contributed by atoms with Crippen molar-refractivity contribution >= 4 is 35.0 Å². The Morgan fingerprint density at radius 3 is 2.23 bits per heavy atom. The van der Waals surface area contributed by atoms with Crippen LogP contribution in [0.4, 0.5) is 0 Å². The second kappa shape index (κ2) is 22.7. The minimum Gasteiger partial charge on any atom is -0.481 e. The van der Waals surface area contributed by atoms with Crippen LogP contribution in [0.25, 0.3) is 0 Å². The van der Waals surface area contributed by atoms with Crippen molar-refractivity contribution in [3.05, 3.63) is 87.9 Å². The van der Waals surface area contributed by atoms with E-state index in [9.17, 15) is 19.5 Å². The molecule has 3 aromatic rings. The minimum atomic E-state index is -0.925. The number of thiazole rings is 1. The molecule has 0 spiro atoms. The molecule has 7 atom stereocenters. The summed E-state index contributed by atoms with van der Waals surface area (Å²) in [6, 6.07) is 17.7. The normalized spacial score (nSPS) is 17.9. The Balaban J connectivity index is 1.63. The Labute approximate surface area is 342 Å². The summed E-state index contributed by atoms with van der Waals surface area (Å²) in [5.74, 6) is -2.40. The highest BCUT2D eigenvalue weighted by Crippen LogP contribution is 2.32. The van der Waals surface area contributed by atoms with Crippen LogP contribution < -0.4 is 10.6 Å². The van der Waals surface area contributed by atoms with Gasteiger partial charge in [0, 0.05) is 37.5 Å². The van der Waals surface area contributed by atoms with Gasteiger partial charge in [-0.25, -0.2) is 4.98 Å². The zero-order chi connectivity index (χ0) is 41.5. The second-order valence-corrected chi connectivity index (χ2v) is 16.7. The molecule has 0 aliphatic carbocycles. The molecule has 1 saturated heterocycles. The Kier molecular flexibility index (Phi) is 18.1. The number of aromatic nitrogens is 1. The molecular formula is C44H63N5O7S. The molecule has 1 aromatic heterocycles. The maximum absolute atomic E-state index is 15.0. The monoisotopic (exact) mass is 805 g/mol. The summed E-state index contributed by atoms with van der Waals surface area (Å²) in [4.78, 5) is 63.0. The molecular weight excluding hydrogens is 743 g/mol. The number of likely N-dealkylation sites (tertiary alicyclic amines) is 1. The summed E-state index contributed by atoms with van der Waals surface area (Å²) >= 11 is 1.29. The number of ether oxygens (including phenoxy) is 2. The van der Waals surface area contributed by atoms with Gasteiger partial charge in [-0.05, 0) is 62.2 Å². The number of hydrogen-bond donors (Lipinski definition) is 3. The first kappa shape index (κ1) is 45.5. The minimum absolute atomic E-state index is 0.0261. The Morgan fingerprint density at radius 1 is 0.965 bits per heavy atom. The highest BCUT2D eigenvalue weighted by molar-refractivity contribution is 7.09. The summed E-state index contributed by atoms with van der Waals surface area (Å²) in [5, 5.41) is 18.1. The fraction of sp³-hybridized carbons (Fsp3) is 0.568. The lowest BCUT2D eigenvalue weighted by Gasteiger charge is -2.40. The predicted molar refractivity (Wildman–Crippen MR) is 223 cm³/mol. The highest BCUT2D eigenvalue weighted by Gasteiger charge is 2.38. The first-order chi connectivity index (χ1) is 27.3. The lowest BCUT2D eigenvalue weighted by molar-refractivity contribution is -0.144. The van der Waals surface area contributed by atoms with Crippen LogP contribution in [0.2, 0.25) is 0 Å². The van der Waals surface area contributed by atoms with E-state index in [0.29, 0.717) is 30.8 Å². The number of nitrogens with one attached hydrogen (secondary N) is 2. The van der Waals surface area contributed by atoms with E-state index in [-0.39, 0.29) is 54.6 Å². The van der Waals surface area contributed by atoms with Crippen molar-refractivity contribution in [1.82, 2.24) is 25.4 Å². The smallest absolute Gasteiger partial charge is 0.306 e. The number of likely N-dealkylation sites (N-methyl/N-ethyl adjacent to an activating group) is 1. The van der Waals surface area contributed by atoms with Gasteiger partial charge in [-0.3, -0.25) is 24.1 Å². The predicted octanol–water partition coefficient (Wildman–Crippen LogP) is 6.72. The Bertz CT molecular complexity index is 1710. The maximum Gasteiger partial charge on any atom is 0.306 e. The van der Waals surface area contributed by atoms with Crippen LogP contribution in [-0.2, 0) is 36.8 Å². The number of carbonyl (C=O) groups is 4. The number of rotatable bonds is 22. The van der Waals surface area contributed by atoms with Crippen molar-refractivity contribution in [3.63, 3.8) is 0 Å². The van der Waals surface area contributed by atoms with Crippen molar-refractivity contribution in [2.75, 3.05) is 27.5 Å². The first-order valence-corrected chi connectivity index (χ1v) is 21.2. The van der Waals surface area contributed by atoms with E-state index in [2.05, 4.69) is 29.4 Å². The molecule has 3 N–H and O–H groups in total. The van der Waals surface area contributed by atoms with Crippen LogP contribution in [-0.4, -0.2) is 95.2 Å². The van der Waals surface area contributed by atoms with E-state index < -0.39 is 36.0 Å². The van der Waals surface area contributed by atoms with Gasteiger partial charge in [0.1, 0.15) is 29.6 Å². The van der Waals surface area contributed by atoms with Crippen molar-refractivity contribution in [2.24, 2.45) is 17.8 Å².